The van der Waals surface area contributed by atoms with Crippen molar-refractivity contribution in [2.45, 2.75) is 26.7 Å². The summed E-state index contributed by atoms with van der Waals surface area (Å²) >= 11 is 0. The van der Waals surface area contributed by atoms with Crippen molar-refractivity contribution >= 4 is 29.9 Å². The van der Waals surface area contributed by atoms with E-state index in [9.17, 15) is 0 Å². The largest absolute Gasteiger partial charge is 0.381 e. The molecule has 0 unspecified atom stereocenters. The zero-order valence-corrected chi connectivity index (χ0v) is 12.6. The molecule has 3 N–H and O–H groups in total. The van der Waals surface area contributed by atoms with E-state index in [1.165, 1.54) is 0 Å². The molecule has 1 aliphatic rings. The van der Waals surface area contributed by atoms with Crippen LogP contribution in [0.15, 0.2) is 4.99 Å². The van der Waals surface area contributed by atoms with Crippen LogP contribution in [0, 0.1) is 11.8 Å². The number of hydrogen-bond donors (Lipinski definition) is 2. The van der Waals surface area contributed by atoms with E-state index < -0.39 is 0 Å². The van der Waals surface area contributed by atoms with Crippen LogP contribution < -0.4 is 11.1 Å². The van der Waals surface area contributed by atoms with Crippen LogP contribution in [0.3, 0.4) is 0 Å². The second kappa shape index (κ2) is 9.04. The maximum Gasteiger partial charge on any atom is 0.188 e. The third-order valence-corrected chi connectivity index (χ3v) is 2.54. The highest BCUT2D eigenvalue weighted by atomic mass is 127. The summed E-state index contributed by atoms with van der Waals surface area (Å²) in [6, 6.07) is 0. The lowest BCUT2D eigenvalue weighted by Gasteiger charge is -2.22. The molecule has 5 heteroatoms. The molecule has 1 rings (SSSR count). The van der Waals surface area contributed by atoms with E-state index in [1.807, 2.05) is 0 Å². The first-order chi connectivity index (χ1) is 7.18. The van der Waals surface area contributed by atoms with Gasteiger partial charge in [0.15, 0.2) is 5.96 Å². The van der Waals surface area contributed by atoms with Crippen molar-refractivity contribution < 1.29 is 4.74 Å². The highest BCUT2D eigenvalue weighted by Gasteiger charge is 2.13. The second-order valence-corrected chi connectivity index (χ2v) is 4.56. The van der Waals surface area contributed by atoms with Crippen LogP contribution in [-0.2, 0) is 4.74 Å². The first-order valence-corrected chi connectivity index (χ1v) is 5.80. The minimum atomic E-state index is 0. The molecule has 1 fully saturated rings. The lowest BCUT2D eigenvalue weighted by atomic mass is 10.0. The third-order valence-electron chi connectivity index (χ3n) is 2.54. The van der Waals surface area contributed by atoms with E-state index in [4.69, 9.17) is 10.5 Å². The van der Waals surface area contributed by atoms with Crippen molar-refractivity contribution in [1.82, 2.24) is 5.32 Å². The summed E-state index contributed by atoms with van der Waals surface area (Å²) in [7, 11) is 0. The predicted molar refractivity (Wildman–Crippen MR) is 78.3 cm³/mol. The van der Waals surface area contributed by atoms with Crippen molar-refractivity contribution in [3.05, 3.63) is 0 Å². The number of nitrogens with two attached hydrogens (primary N) is 1. The van der Waals surface area contributed by atoms with E-state index in [2.05, 4.69) is 24.2 Å². The van der Waals surface area contributed by atoms with E-state index in [0.717, 1.165) is 39.1 Å². The molecule has 0 aromatic heterocycles. The first kappa shape index (κ1) is 16.0. The number of ether oxygens (including phenoxy) is 1. The quantitative estimate of drug-likeness (QED) is 0.464. The Morgan fingerprint density at radius 1 is 1.44 bits per heavy atom. The first-order valence-electron chi connectivity index (χ1n) is 5.80. The van der Waals surface area contributed by atoms with Gasteiger partial charge in [0.25, 0.3) is 0 Å². The van der Waals surface area contributed by atoms with Crippen molar-refractivity contribution in [3.63, 3.8) is 0 Å². The molecule has 1 saturated heterocycles. The fraction of sp³-hybridized carbons (Fsp3) is 0.909. The van der Waals surface area contributed by atoms with Gasteiger partial charge in [-0.2, -0.15) is 0 Å². The van der Waals surface area contributed by atoms with Gasteiger partial charge in [-0.25, -0.2) is 0 Å². The lowest BCUT2D eigenvalue weighted by Crippen LogP contribution is -2.37. The zero-order chi connectivity index (χ0) is 11.1. The Hall–Kier alpha value is -0.0400. The molecule has 0 aromatic rings. The molecule has 4 nitrogen and oxygen atoms in total. The van der Waals surface area contributed by atoms with Gasteiger partial charge in [-0.3, -0.25) is 4.99 Å². The van der Waals surface area contributed by atoms with Crippen molar-refractivity contribution in [2.75, 3.05) is 26.3 Å². The Balaban J connectivity index is 0.00000225. The van der Waals surface area contributed by atoms with E-state index in [-0.39, 0.29) is 24.0 Å². The molecular weight excluding hydrogens is 317 g/mol. The molecule has 0 spiro atoms. The smallest absolute Gasteiger partial charge is 0.188 e. The summed E-state index contributed by atoms with van der Waals surface area (Å²) in [5.74, 6) is 1.83. The average Bonchev–Trinajstić information content (AvgIpc) is 2.25. The zero-order valence-electron chi connectivity index (χ0n) is 10.2. The van der Waals surface area contributed by atoms with E-state index in [0.29, 0.717) is 17.8 Å². The van der Waals surface area contributed by atoms with Crippen molar-refractivity contribution in [2.24, 2.45) is 22.6 Å². The Morgan fingerprint density at radius 2 is 2.06 bits per heavy atom. The summed E-state index contributed by atoms with van der Waals surface area (Å²) < 4.78 is 5.30. The van der Waals surface area contributed by atoms with Crippen LogP contribution in [0.25, 0.3) is 0 Å². The van der Waals surface area contributed by atoms with Gasteiger partial charge in [-0.1, -0.05) is 13.8 Å². The molecule has 0 aliphatic carbocycles. The highest BCUT2D eigenvalue weighted by Crippen LogP contribution is 2.12. The number of nitrogens with zero attached hydrogens (tertiary/aromatic N) is 1. The van der Waals surface area contributed by atoms with E-state index >= 15 is 0 Å². The number of guanidine groups is 1. The molecule has 0 bridgehead atoms. The van der Waals surface area contributed by atoms with E-state index in [1.54, 1.807) is 0 Å². The molecule has 1 heterocycles. The maximum atomic E-state index is 5.75. The van der Waals surface area contributed by atoms with Gasteiger partial charge in [0.2, 0.25) is 0 Å². The molecule has 0 aromatic carbocycles. The Morgan fingerprint density at radius 3 is 2.62 bits per heavy atom. The van der Waals surface area contributed by atoms with Crippen LogP contribution in [0.1, 0.15) is 26.7 Å². The highest BCUT2D eigenvalue weighted by molar-refractivity contribution is 14.0. The van der Waals surface area contributed by atoms with Gasteiger partial charge < -0.3 is 15.8 Å². The minimum Gasteiger partial charge on any atom is -0.381 e. The van der Waals surface area contributed by atoms with Gasteiger partial charge >= 0.3 is 0 Å². The van der Waals surface area contributed by atoms with Gasteiger partial charge in [0.05, 0.1) is 0 Å². The van der Waals surface area contributed by atoms with Crippen LogP contribution in [0.5, 0.6) is 0 Å². The predicted octanol–water partition coefficient (Wildman–Crippen LogP) is 1.59. The molecule has 0 atom stereocenters. The van der Waals surface area contributed by atoms with Crippen molar-refractivity contribution in [3.8, 4) is 0 Å². The monoisotopic (exact) mass is 341 g/mol. The van der Waals surface area contributed by atoms with Crippen molar-refractivity contribution in [1.29, 1.82) is 0 Å². The molecule has 1 aliphatic heterocycles. The molecule has 96 valence electrons. The van der Waals surface area contributed by atoms with Crippen LogP contribution in [-0.4, -0.2) is 32.3 Å². The third kappa shape index (κ3) is 7.27. The van der Waals surface area contributed by atoms with Crippen LogP contribution in [0.4, 0.5) is 0 Å². The summed E-state index contributed by atoms with van der Waals surface area (Å²) in [5, 5.41) is 3.18. The topological polar surface area (TPSA) is 59.6 Å². The number of nitrogens with one attached hydrogen (secondary N) is 1. The fourth-order valence-corrected chi connectivity index (χ4v) is 1.54. The number of aliphatic imine (C=N–C) groups is 1. The minimum absolute atomic E-state index is 0. The summed E-state index contributed by atoms with van der Waals surface area (Å²) in [5.41, 5.74) is 5.75. The normalized spacial score (nSPS) is 18.3. The molecular formula is C11H24IN3O. The Labute approximate surface area is 115 Å². The Bertz CT molecular complexity index is 203. The van der Waals surface area contributed by atoms with Gasteiger partial charge in [0.1, 0.15) is 0 Å². The summed E-state index contributed by atoms with van der Waals surface area (Å²) in [6.45, 7) is 7.76. The van der Waals surface area contributed by atoms with Gasteiger partial charge in [0, 0.05) is 26.3 Å². The molecule has 0 radical (unpaired) electrons. The summed E-state index contributed by atoms with van der Waals surface area (Å²) in [6.07, 6.45) is 2.26. The average molecular weight is 341 g/mol. The number of halogens is 1. The maximum absolute atomic E-state index is 5.75. The SMILES string of the molecule is CC(C)CN=C(N)NCC1CCOCC1.I. The fourth-order valence-electron chi connectivity index (χ4n) is 1.54. The van der Waals surface area contributed by atoms with Gasteiger partial charge in [-0.15, -0.1) is 24.0 Å². The van der Waals surface area contributed by atoms with Crippen LogP contribution >= 0.6 is 24.0 Å². The standard InChI is InChI=1S/C11H23N3O.HI/c1-9(2)7-13-11(12)14-8-10-3-5-15-6-4-10;/h9-10H,3-8H2,1-2H3,(H3,12,13,14);1H. The molecule has 0 amide bonds. The molecule has 16 heavy (non-hydrogen) atoms. The summed E-state index contributed by atoms with van der Waals surface area (Å²) in [4.78, 5) is 4.26. The second-order valence-electron chi connectivity index (χ2n) is 4.56. The van der Waals surface area contributed by atoms with Gasteiger partial charge in [-0.05, 0) is 24.7 Å². The lowest BCUT2D eigenvalue weighted by molar-refractivity contribution is 0.0676. The molecule has 0 saturated carbocycles. The number of rotatable bonds is 4. The van der Waals surface area contributed by atoms with Crippen LogP contribution in [0.2, 0.25) is 0 Å². The Kier molecular flexibility index (Phi) is 9.02. The number of hydrogen-bond acceptors (Lipinski definition) is 2.